The largest absolute Gasteiger partial charge is 0.463 e. The zero-order valence-electron chi connectivity index (χ0n) is 9.89. The SMILES string of the molecule is COC(=O)c1occc1CN1CCC(O)CC1. The average Bonchev–Trinajstić information content (AvgIpc) is 2.79. The smallest absolute Gasteiger partial charge is 0.374 e. The van der Waals surface area contributed by atoms with E-state index in [2.05, 4.69) is 9.64 Å². The lowest BCUT2D eigenvalue weighted by Gasteiger charge is -2.29. The van der Waals surface area contributed by atoms with E-state index in [1.54, 1.807) is 6.07 Å². The number of methoxy groups -OCH3 is 1. The van der Waals surface area contributed by atoms with Crippen LogP contribution in [-0.4, -0.2) is 42.3 Å². The molecule has 0 aromatic carbocycles. The number of hydrogen-bond acceptors (Lipinski definition) is 5. The van der Waals surface area contributed by atoms with Crippen LogP contribution in [0.2, 0.25) is 0 Å². The molecule has 1 saturated heterocycles. The first-order chi connectivity index (χ1) is 8.20. The molecule has 1 fully saturated rings. The summed E-state index contributed by atoms with van der Waals surface area (Å²) in [5, 5.41) is 9.41. The fraction of sp³-hybridized carbons (Fsp3) is 0.583. The van der Waals surface area contributed by atoms with Crippen molar-refractivity contribution in [3.8, 4) is 0 Å². The van der Waals surface area contributed by atoms with Gasteiger partial charge in [-0.05, 0) is 18.9 Å². The van der Waals surface area contributed by atoms with Gasteiger partial charge in [-0.15, -0.1) is 0 Å². The van der Waals surface area contributed by atoms with Gasteiger partial charge in [0.25, 0.3) is 0 Å². The minimum atomic E-state index is -0.443. The van der Waals surface area contributed by atoms with Crippen LogP contribution < -0.4 is 0 Å². The molecule has 5 heteroatoms. The molecule has 1 aliphatic rings. The second-order valence-electron chi connectivity index (χ2n) is 4.27. The van der Waals surface area contributed by atoms with E-state index >= 15 is 0 Å². The molecule has 17 heavy (non-hydrogen) atoms. The van der Waals surface area contributed by atoms with Crippen molar-refractivity contribution in [3.63, 3.8) is 0 Å². The van der Waals surface area contributed by atoms with Crippen LogP contribution >= 0.6 is 0 Å². The van der Waals surface area contributed by atoms with Crippen LogP contribution in [0, 0.1) is 0 Å². The van der Waals surface area contributed by atoms with E-state index in [9.17, 15) is 9.90 Å². The molecule has 1 aromatic heterocycles. The number of carbonyl (C=O) groups is 1. The molecule has 0 bridgehead atoms. The van der Waals surface area contributed by atoms with Crippen molar-refractivity contribution in [1.29, 1.82) is 0 Å². The lowest BCUT2D eigenvalue weighted by molar-refractivity contribution is 0.0555. The number of likely N-dealkylation sites (tertiary alicyclic amines) is 1. The highest BCUT2D eigenvalue weighted by Crippen LogP contribution is 2.17. The first kappa shape index (κ1) is 12.1. The topological polar surface area (TPSA) is 62.9 Å². The van der Waals surface area contributed by atoms with Gasteiger partial charge in [0.15, 0.2) is 0 Å². The fourth-order valence-corrected chi connectivity index (χ4v) is 2.05. The van der Waals surface area contributed by atoms with Gasteiger partial charge in [0, 0.05) is 25.2 Å². The molecule has 94 valence electrons. The monoisotopic (exact) mass is 239 g/mol. The highest BCUT2D eigenvalue weighted by atomic mass is 16.5. The maximum absolute atomic E-state index is 11.4. The Bertz CT molecular complexity index is 380. The molecule has 0 saturated carbocycles. The number of hydrogen-bond donors (Lipinski definition) is 1. The van der Waals surface area contributed by atoms with Crippen LogP contribution in [0.25, 0.3) is 0 Å². The van der Waals surface area contributed by atoms with Crippen LogP contribution in [0.3, 0.4) is 0 Å². The van der Waals surface area contributed by atoms with E-state index < -0.39 is 5.97 Å². The molecule has 0 amide bonds. The summed E-state index contributed by atoms with van der Waals surface area (Å²) in [6, 6.07) is 1.79. The van der Waals surface area contributed by atoms with Crippen LogP contribution in [0.4, 0.5) is 0 Å². The second kappa shape index (κ2) is 5.33. The first-order valence-electron chi connectivity index (χ1n) is 5.76. The number of aliphatic hydroxyl groups is 1. The zero-order valence-corrected chi connectivity index (χ0v) is 9.89. The van der Waals surface area contributed by atoms with Crippen LogP contribution in [0.15, 0.2) is 16.7 Å². The Morgan fingerprint density at radius 3 is 2.94 bits per heavy atom. The normalized spacial score (nSPS) is 18.2. The second-order valence-corrected chi connectivity index (χ2v) is 4.27. The summed E-state index contributed by atoms with van der Waals surface area (Å²) in [6.07, 6.45) is 2.88. The van der Waals surface area contributed by atoms with Gasteiger partial charge < -0.3 is 14.3 Å². The number of piperidine rings is 1. The van der Waals surface area contributed by atoms with E-state index in [-0.39, 0.29) is 11.9 Å². The summed E-state index contributed by atoms with van der Waals surface area (Å²) in [6.45, 7) is 2.34. The van der Waals surface area contributed by atoms with Crippen molar-refractivity contribution in [3.05, 3.63) is 23.7 Å². The summed E-state index contributed by atoms with van der Waals surface area (Å²) in [5.41, 5.74) is 0.841. The zero-order chi connectivity index (χ0) is 12.3. The van der Waals surface area contributed by atoms with Crippen molar-refractivity contribution < 1.29 is 19.1 Å². The highest BCUT2D eigenvalue weighted by molar-refractivity contribution is 5.87. The maximum Gasteiger partial charge on any atom is 0.374 e. The Morgan fingerprint density at radius 1 is 1.59 bits per heavy atom. The standard InChI is InChI=1S/C12H17NO4/c1-16-12(15)11-9(4-7-17-11)8-13-5-2-10(14)3-6-13/h4,7,10,14H,2-3,5-6,8H2,1H3. The predicted octanol–water partition coefficient (Wildman–Crippen LogP) is 1.02. The molecule has 1 aliphatic heterocycles. The average molecular weight is 239 g/mol. The van der Waals surface area contributed by atoms with Gasteiger partial charge in [0.2, 0.25) is 5.76 Å². The van der Waals surface area contributed by atoms with Gasteiger partial charge in [-0.1, -0.05) is 0 Å². The predicted molar refractivity (Wildman–Crippen MR) is 60.6 cm³/mol. The van der Waals surface area contributed by atoms with Crippen molar-refractivity contribution in [1.82, 2.24) is 4.90 Å². The third kappa shape index (κ3) is 2.87. The molecule has 0 radical (unpaired) electrons. The van der Waals surface area contributed by atoms with E-state index in [4.69, 9.17) is 4.42 Å². The molecule has 1 N–H and O–H groups in total. The van der Waals surface area contributed by atoms with Crippen LogP contribution in [0.1, 0.15) is 29.0 Å². The number of esters is 1. The molecular formula is C12H17NO4. The molecule has 5 nitrogen and oxygen atoms in total. The molecular weight excluding hydrogens is 222 g/mol. The fourth-order valence-electron chi connectivity index (χ4n) is 2.05. The summed E-state index contributed by atoms with van der Waals surface area (Å²) < 4.78 is 9.78. The molecule has 2 heterocycles. The Balaban J connectivity index is 1.99. The maximum atomic E-state index is 11.4. The minimum absolute atomic E-state index is 0.185. The highest BCUT2D eigenvalue weighted by Gasteiger charge is 2.21. The lowest BCUT2D eigenvalue weighted by atomic mass is 10.1. The third-order valence-electron chi connectivity index (χ3n) is 3.07. The number of ether oxygens (including phenoxy) is 1. The van der Waals surface area contributed by atoms with E-state index in [0.717, 1.165) is 31.5 Å². The molecule has 0 atom stereocenters. The van der Waals surface area contributed by atoms with Crippen molar-refractivity contribution >= 4 is 5.97 Å². The van der Waals surface area contributed by atoms with Gasteiger partial charge in [-0.2, -0.15) is 0 Å². The number of carbonyl (C=O) groups excluding carboxylic acids is 1. The van der Waals surface area contributed by atoms with Crippen LogP contribution in [0.5, 0.6) is 0 Å². The van der Waals surface area contributed by atoms with Gasteiger partial charge in [0.05, 0.1) is 19.5 Å². The lowest BCUT2D eigenvalue weighted by Crippen LogP contribution is -2.35. The summed E-state index contributed by atoms with van der Waals surface area (Å²) >= 11 is 0. The number of nitrogens with zero attached hydrogens (tertiary/aromatic N) is 1. The molecule has 0 unspecified atom stereocenters. The van der Waals surface area contributed by atoms with Crippen molar-refractivity contribution in [2.45, 2.75) is 25.5 Å². The Labute approximate surface area is 100.0 Å². The minimum Gasteiger partial charge on any atom is -0.463 e. The summed E-state index contributed by atoms with van der Waals surface area (Å²) in [4.78, 5) is 13.6. The number of furan rings is 1. The van der Waals surface area contributed by atoms with Gasteiger partial charge in [0.1, 0.15) is 0 Å². The molecule has 0 spiro atoms. The Morgan fingerprint density at radius 2 is 2.29 bits per heavy atom. The van der Waals surface area contributed by atoms with E-state index in [0.29, 0.717) is 6.54 Å². The van der Waals surface area contributed by atoms with Gasteiger partial charge >= 0.3 is 5.97 Å². The van der Waals surface area contributed by atoms with Gasteiger partial charge in [-0.3, -0.25) is 4.90 Å². The van der Waals surface area contributed by atoms with E-state index in [1.807, 2.05) is 0 Å². The Kier molecular flexibility index (Phi) is 3.81. The number of aliphatic hydroxyl groups excluding tert-OH is 1. The summed E-state index contributed by atoms with van der Waals surface area (Å²) in [5.74, 6) is -0.166. The van der Waals surface area contributed by atoms with Crippen molar-refractivity contribution in [2.75, 3.05) is 20.2 Å². The van der Waals surface area contributed by atoms with E-state index in [1.165, 1.54) is 13.4 Å². The number of rotatable bonds is 3. The first-order valence-corrected chi connectivity index (χ1v) is 5.76. The summed E-state index contributed by atoms with van der Waals surface area (Å²) in [7, 11) is 1.34. The quantitative estimate of drug-likeness (QED) is 0.798. The van der Waals surface area contributed by atoms with Crippen molar-refractivity contribution in [2.24, 2.45) is 0 Å². The van der Waals surface area contributed by atoms with Crippen LogP contribution in [-0.2, 0) is 11.3 Å². The third-order valence-corrected chi connectivity index (χ3v) is 3.07. The van der Waals surface area contributed by atoms with Gasteiger partial charge in [-0.25, -0.2) is 4.79 Å². The molecule has 1 aromatic rings. The molecule has 2 rings (SSSR count). The molecule has 0 aliphatic carbocycles. The Hall–Kier alpha value is -1.33.